The lowest BCUT2D eigenvalue weighted by Gasteiger charge is -2.15. The minimum atomic E-state index is 0.398. The van der Waals surface area contributed by atoms with E-state index in [4.69, 9.17) is 21.6 Å². The molecule has 0 radical (unpaired) electrons. The monoisotopic (exact) mass is 370 g/mol. The molecule has 0 saturated heterocycles. The van der Waals surface area contributed by atoms with E-state index in [2.05, 4.69) is 24.1 Å². The van der Waals surface area contributed by atoms with Gasteiger partial charge in [0.1, 0.15) is 5.82 Å². The molecule has 0 aliphatic heterocycles. The van der Waals surface area contributed by atoms with Crippen molar-refractivity contribution in [1.82, 2.24) is 15.0 Å². The fraction of sp³-hybridized carbons (Fsp3) is 0.571. The van der Waals surface area contributed by atoms with Gasteiger partial charge in [0.05, 0.1) is 5.02 Å². The van der Waals surface area contributed by atoms with Crippen molar-refractivity contribution in [3.8, 4) is 11.4 Å². The summed E-state index contributed by atoms with van der Waals surface area (Å²) >= 11 is 6.39. The number of hydrogen-bond donors (Lipinski definition) is 1. The Balaban J connectivity index is 1.58. The van der Waals surface area contributed by atoms with Gasteiger partial charge in [-0.25, -0.2) is 4.98 Å². The van der Waals surface area contributed by atoms with Crippen LogP contribution in [-0.4, -0.2) is 21.0 Å². The number of aryl methyl sites for hydroxylation is 1. The summed E-state index contributed by atoms with van der Waals surface area (Å²) in [5.41, 5.74) is 0.871. The van der Waals surface area contributed by atoms with Gasteiger partial charge in [0.2, 0.25) is 5.95 Å². The summed E-state index contributed by atoms with van der Waals surface area (Å²) in [4.78, 5) is 14.1. The van der Waals surface area contributed by atoms with Gasteiger partial charge in [-0.1, -0.05) is 30.7 Å². The molecular weight excluding hydrogens is 344 g/mol. The largest absolute Gasteiger partial charge is 0.351 e. The van der Waals surface area contributed by atoms with E-state index in [0.717, 1.165) is 42.0 Å². The second kappa shape index (κ2) is 7.51. The van der Waals surface area contributed by atoms with Crippen molar-refractivity contribution in [3.63, 3.8) is 0 Å². The van der Waals surface area contributed by atoms with Crippen molar-refractivity contribution in [2.75, 3.05) is 5.32 Å². The quantitative estimate of drug-likeness (QED) is 0.677. The molecule has 4 nitrogen and oxygen atoms in total. The van der Waals surface area contributed by atoms with Crippen LogP contribution < -0.4 is 5.32 Å². The number of aromatic nitrogens is 3. The van der Waals surface area contributed by atoms with Gasteiger partial charge in [0, 0.05) is 18.0 Å². The predicted molar refractivity (Wildman–Crippen MR) is 106 cm³/mol. The first-order valence-corrected chi connectivity index (χ1v) is 10.2. The SMILES string of the molecule is C[C@@H](CCc1nc(N[C@H](C)C2CC2)nc(-c2ccccc2Cl)n1)C1CC1. The molecule has 1 heterocycles. The summed E-state index contributed by atoms with van der Waals surface area (Å²) in [7, 11) is 0. The average Bonchev–Trinajstić information content (AvgIpc) is 3.51. The maximum Gasteiger partial charge on any atom is 0.226 e. The van der Waals surface area contributed by atoms with Crippen LogP contribution in [0.4, 0.5) is 5.95 Å². The molecule has 0 bridgehead atoms. The number of hydrogen-bond acceptors (Lipinski definition) is 4. The van der Waals surface area contributed by atoms with Gasteiger partial charge in [0.15, 0.2) is 5.82 Å². The molecular formula is C21H27ClN4. The summed E-state index contributed by atoms with van der Waals surface area (Å²) in [6, 6.07) is 8.16. The van der Waals surface area contributed by atoms with E-state index in [1.54, 1.807) is 0 Å². The van der Waals surface area contributed by atoms with Gasteiger partial charge < -0.3 is 5.32 Å². The Kier molecular flexibility index (Phi) is 5.12. The molecule has 0 amide bonds. The lowest BCUT2D eigenvalue weighted by Crippen LogP contribution is -2.20. The Morgan fingerprint density at radius 1 is 1.04 bits per heavy atom. The number of benzene rings is 1. The second-order valence-electron chi connectivity index (χ2n) is 8.00. The van der Waals surface area contributed by atoms with Gasteiger partial charge in [0.25, 0.3) is 0 Å². The normalized spacial score (nSPS) is 19.2. The van der Waals surface area contributed by atoms with E-state index in [1.807, 2.05) is 24.3 Å². The van der Waals surface area contributed by atoms with E-state index in [-0.39, 0.29) is 0 Å². The van der Waals surface area contributed by atoms with Crippen LogP contribution >= 0.6 is 11.6 Å². The number of nitrogens with one attached hydrogen (secondary N) is 1. The number of rotatable bonds is 8. The van der Waals surface area contributed by atoms with Crippen molar-refractivity contribution in [2.24, 2.45) is 17.8 Å². The zero-order chi connectivity index (χ0) is 18.1. The van der Waals surface area contributed by atoms with Crippen LogP contribution in [0.1, 0.15) is 51.8 Å². The Labute approximate surface area is 160 Å². The highest BCUT2D eigenvalue weighted by Gasteiger charge is 2.29. The van der Waals surface area contributed by atoms with Crippen molar-refractivity contribution in [2.45, 2.75) is 58.4 Å². The molecule has 1 N–H and O–H groups in total. The zero-order valence-corrected chi connectivity index (χ0v) is 16.3. The molecule has 26 heavy (non-hydrogen) atoms. The first kappa shape index (κ1) is 17.7. The smallest absolute Gasteiger partial charge is 0.226 e. The minimum absolute atomic E-state index is 0.398. The molecule has 2 aromatic rings. The Hall–Kier alpha value is -1.68. The van der Waals surface area contributed by atoms with E-state index >= 15 is 0 Å². The van der Waals surface area contributed by atoms with Crippen LogP contribution in [0.3, 0.4) is 0 Å². The van der Waals surface area contributed by atoms with Crippen molar-refractivity contribution >= 4 is 17.5 Å². The average molecular weight is 371 g/mol. The van der Waals surface area contributed by atoms with Gasteiger partial charge in [-0.2, -0.15) is 9.97 Å². The van der Waals surface area contributed by atoms with Crippen LogP contribution in [0.5, 0.6) is 0 Å². The molecule has 0 unspecified atom stereocenters. The molecule has 4 rings (SSSR count). The van der Waals surface area contributed by atoms with Crippen LogP contribution in [-0.2, 0) is 6.42 Å². The molecule has 2 fully saturated rings. The third kappa shape index (κ3) is 4.35. The predicted octanol–water partition coefficient (Wildman–Crippen LogP) is 5.38. The third-order valence-corrected chi connectivity index (χ3v) is 6.06. The first-order valence-electron chi connectivity index (χ1n) is 9.86. The van der Waals surface area contributed by atoms with Crippen LogP contribution in [0, 0.1) is 17.8 Å². The van der Waals surface area contributed by atoms with Gasteiger partial charge in [-0.3, -0.25) is 0 Å². The van der Waals surface area contributed by atoms with Crippen molar-refractivity contribution in [1.29, 1.82) is 0 Å². The fourth-order valence-corrected chi connectivity index (χ4v) is 3.75. The lowest BCUT2D eigenvalue weighted by atomic mass is 10.0. The molecule has 0 spiro atoms. The summed E-state index contributed by atoms with van der Waals surface area (Å²) in [6.45, 7) is 4.56. The Morgan fingerprint density at radius 3 is 2.46 bits per heavy atom. The van der Waals surface area contributed by atoms with E-state index in [0.29, 0.717) is 22.8 Å². The maximum absolute atomic E-state index is 6.39. The van der Waals surface area contributed by atoms with Gasteiger partial charge >= 0.3 is 0 Å². The molecule has 1 aromatic carbocycles. The second-order valence-corrected chi connectivity index (χ2v) is 8.41. The highest BCUT2D eigenvalue weighted by atomic mass is 35.5. The number of nitrogens with zero attached hydrogens (tertiary/aromatic N) is 3. The van der Waals surface area contributed by atoms with E-state index in [1.165, 1.54) is 25.7 Å². The molecule has 1 aromatic heterocycles. The maximum atomic E-state index is 6.39. The van der Waals surface area contributed by atoms with Gasteiger partial charge in [-0.05, 0) is 68.9 Å². The van der Waals surface area contributed by atoms with E-state index in [9.17, 15) is 0 Å². The first-order chi connectivity index (χ1) is 12.6. The van der Waals surface area contributed by atoms with Crippen LogP contribution in [0.25, 0.3) is 11.4 Å². The number of anilines is 1. The number of halogens is 1. The molecule has 2 aliphatic rings. The van der Waals surface area contributed by atoms with Crippen LogP contribution in [0.2, 0.25) is 5.02 Å². The minimum Gasteiger partial charge on any atom is -0.351 e. The molecule has 2 aliphatic carbocycles. The summed E-state index contributed by atoms with van der Waals surface area (Å²) in [5, 5.41) is 4.17. The zero-order valence-electron chi connectivity index (χ0n) is 15.6. The van der Waals surface area contributed by atoms with Gasteiger partial charge in [-0.15, -0.1) is 0 Å². The Morgan fingerprint density at radius 2 is 1.77 bits per heavy atom. The fourth-order valence-electron chi connectivity index (χ4n) is 3.53. The molecule has 2 atom stereocenters. The van der Waals surface area contributed by atoms with Crippen LogP contribution in [0.15, 0.2) is 24.3 Å². The lowest BCUT2D eigenvalue weighted by molar-refractivity contribution is 0.465. The Bertz CT molecular complexity index is 770. The van der Waals surface area contributed by atoms with Crippen molar-refractivity contribution in [3.05, 3.63) is 35.1 Å². The molecule has 5 heteroatoms. The molecule has 2 saturated carbocycles. The van der Waals surface area contributed by atoms with Crippen molar-refractivity contribution < 1.29 is 0 Å². The molecule has 138 valence electrons. The third-order valence-electron chi connectivity index (χ3n) is 5.73. The summed E-state index contributed by atoms with van der Waals surface area (Å²) in [6.07, 6.45) is 7.38. The highest BCUT2D eigenvalue weighted by molar-refractivity contribution is 6.33. The topological polar surface area (TPSA) is 50.7 Å². The summed E-state index contributed by atoms with van der Waals surface area (Å²) < 4.78 is 0. The van der Waals surface area contributed by atoms with E-state index < -0.39 is 0 Å². The standard InChI is InChI=1S/C21H27ClN4/c1-13(15-8-9-15)7-12-19-24-20(17-5-3-4-6-18(17)22)26-21(25-19)23-14(2)16-10-11-16/h3-6,13-16H,7-12H2,1-2H3,(H,23,24,25,26)/t13-,14+/m0/s1. The highest BCUT2D eigenvalue weighted by Crippen LogP contribution is 2.38. The summed E-state index contributed by atoms with van der Waals surface area (Å²) in [5.74, 6) is 4.63.